The number of anilines is 2. The van der Waals surface area contributed by atoms with Gasteiger partial charge in [-0.3, -0.25) is 4.90 Å². The van der Waals surface area contributed by atoms with Crippen LogP contribution >= 0.6 is 0 Å². The largest absolute Gasteiger partial charge is 0.336 e. The molecule has 0 spiro atoms. The Morgan fingerprint density at radius 1 is 1.32 bits per heavy atom. The Morgan fingerprint density at radius 3 is 2.96 bits per heavy atom. The van der Waals surface area contributed by atoms with Crippen LogP contribution in [0.5, 0.6) is 0 Å². The lowest BCUT2D eigenvalue weighted by Gasteiger charge is -2.25. The van der Waals surface area contributed by atoms with Crippen LogP contribution in [0.15, 0.2) is 24.4 Å². The SMILES string of the molecule is Cc1ncc2c(n1)CCC(NC(=O)Nc1cccc(N3CCNC3=O)c1C)C2. The van der Waals surface area contributed by atoms with Gasteiger partial charge < -0.3 is 16.0 Å². The molecule has 2 aliphatic rings. The maximum atomic E-state index is 12.5. The first-order valence-corrected chi connectivity index (χ1v) is 9.55. The second kappa shape index (κ2) is 7.46. The molecule has 0 bridgehead atoms. The number of aryl methyl sites for hydroxylation is 2. The van der Waals surface area contributed by atoms with E-state index < -0.39 is 0 Å². The fraction of sp³-hybridized carbons (Fsp3) is 0.400. The predicted octanol–water partition coefficient (Wildman–Crippen LogP) is 2.30. The number of urea groups is 2. The van der Waals surface area contributed by atoms with Gasteiger partial charge in [-0.1, -0.05) is 6.07 Å². The minimum absolute atomic E-state index is 0.0478. The van der Waals surface area contributed by atoms with Crippen LogP contribution in [-0.4, -0.2) is 41.2 Å². The van der Waals surface area contributed by atoms with Crippen LogP contribution < -0.4 is 20.9 Å². The lowest BCUT2D eigenvalue weighted by molar-refractivity contribution is 0.247. The number of benzene rings is 1. The van der Waals surface area contributed by atoms with E-state index in [2.05, 4.69) is 25.9 Å². The fourth-order valence-electron chi connectivity index (χ4n) is 3.83. The monoisotopic (exact) mass is 380 g/mol. The van der Waals surface area contributed by atoms with E-state index >= 15 is 0 Å². The standard InChI is InChI=1S/C20H24N6O2/c1-12-16(4-3-5-18(12)26-9-8-21-20(26)28)25-19(27)24-15-6-7-17-14(10-15)11-22-13(2)23-17/h3-5,11,15H,6-10H2,1-2H3,(H,21,28)(H2,24,25,27). The fourth-order valence-corrected chi connectivity index (χ4v) is 3.83. The van der Waals surface area contributed by atoms with Crippen molar-refractivity contribution < 1.29 is 9.59 Å². The van der Waals surface area contributed by atoms with Gasteiger partial charge >= 0.3 is 12.1 Å². The van der Waals surface area contributed by atoms with Crippen LogP contribution in [0.25, 0.3) is 0 Å². The predicted molar refractivity (Wildman–Crippen MR) is 107 cm³/mol. The summed E-state index contributed by atoms with van der Waals surface area (Å²) in [5.74, 6) is 0.782. The lowest BCUT2D eigenvalue weighted by atomic mass is 9.93. The molecule has 2 heterocycles. The molecular weight excluding hydrogens is 356 g/mol. The molecule has 146 valence electrons. The zero-order valence-electron chi connectivity index (χ0n) is 16.1. The number of nitrogens with zero attached hydrogens (tertiary/aromatic N) is 3. The van der Waals surface area contributed by atoms with Crippen LogP contribution in [0.4, 0.5) is 21.0 Å². The molecule has 1 fully saturated rings. The maximum Gasteiger partial charge on any atom is 0.322 e. The molecular formula is C20H24N6O2. The topological polar surface area (TPSA) is 99.2 Å². The van der Waals surface area contributed by atoms with E-state index in [-0.39, 0.29) is 18.1 Å². The van der Waals surface area contributed by atoms with Gasteiger partial charge in [-0.05, 0) is 56.4 Å². The molecule has 4 rings (SSSR count). The van der Waals surface area contributed by atoms with Gasteiger partial charge in [0.1, 0.15) is 5.82 Å². The molecule has 1 aliphatic heterocycles. The van der Waals surface area contributed by atoms with Crippen molar-refractivity contribution in [2.45, 2.75) is 39.2 Å². The van der Waals surface area contributed by atoms with Crippen molar-refractivity contribution >= 4 is 23.4 Å². The summed E-state index contributed by atoms with van der Waals surface area (Å²) in [6, 6.07) is 5.28. The first-order valence-electron chi connectivity index (χ1n) is 9.55. The normalized spacial score (nSPS) is 18.4. The van der Waals surface area contributed by atoms with Gasteiger partial charge in [-0.25, -0.2) is 19.6 Å². The smallest absolute Gasteiger partial charge is 0.322 e. The quantitative estimate of drug-likeness (QED) is 0.761. The molecule has 8 nitrogen and oxygen atoms in total. The van der Waals surface area contributed by atoms with E-state index in [0.29, 0.717) is 18.8 Å². The summed E-state index contributed by atoms with van der Waals surface area (Å²) in [5, 5.41) is 8.78. The van der Waals surface area contributed by atoms with E-state index in [0.717, 1.165) is 47.6 Å². The highest BCUT2D eigenvalue weighted by Crippen LogP contribution is 2.28. The third-order valence-electron chi connectivity index (χ3n) is 5.31. The summed E-state index contributed by atoms with van der Waals surface area (Å²) in [7, 11) is 0. The third kappa shape index (κ3) is 3.62. The highest BCUT2D eigenvalue weighted by molar-refractivity contribution is 5.97. The summed E-state index contributed by atoms with van der Waals surface area (Å²) in [6.45, 7) is 5.05. The molecule has 1 unspecified atom stereocenters. The van der Waals surface area contributed by atoms with Gasteiger partial charge in [0.2, 0.25) is 0 Å². The van der Waals surface area contributed by atoms with Gasteiger partial charge in [0.15, 0.2) is 0 Å². The Balaban J connectivity index is 1.42. The van der Waals surface area contributed by atoms with E-state index in [1.165, 1.54) is 0 Å². The number of fused-ring (bicyclic) bond motifs is 1. The molecule has 1 aromatic heterocycles. The number of hydrogen-bond acceptors (Lipinski definition) is 4. The molecule has 1 aliphatic carbocycles. The van der Waals surface area contributed by atoms with Crippen LogP contribution in [0.1, 0.15) is 29.1 Å². The summed E-state index contributed by atoms with van der Waals surface area (Å²) in [5.41, 5.74) is 4.56. The number of rotatable bonds is 3. The van der Waals surface area contributed by atoms with Gasteiger partial charge in [-0.2, -0.15) is 0 Å². The van der Waals surface area contributed by atoms with Crippen molar-refractivity contribution in [1.82, 2.24) is 20.6 Å². The highest BCUT2D eigenvalue weighted by atomic mass is 16.2. The average Bonchev–Trinajstić information content (AvgIpc) is 3.09. The summed E-state index contributed by atoms with van der Waals surface area (Å²) < 4.78 is 0. The van der Waals surface area contributed by atoms with Crippen LogP contribution in [0.3, 0.4) is 0 Å². The molecule has 0 radical (unpaired) electrons. The number of amides is 4. The second-order valence-corrected chi connectivity index (χ2v) is 7.26. The molecule has 1 aromatic carbocycles. The minimum Gasteiger partial charge on any atom is -0.336 e. The zero-order valence-corrected chi connectivity index (χ0v) is 16.1. The van der Waals surface area contributed by atoms with Crippen LogP contribution in [-0.2, 0) is 12.8 Å². The molecule has 0 saturated carbocycles. The van der Waals surface area contributed by atoms with Gasteiger partial charge in [0, 0.05) is 36.7 Å². The van der Waals surface area contributed by atoms with Crippen molar-refractivity contribution in [3.63, 3.8) is 0 Å². The second-order valence-electron chi connectivity index (χ2n) is 7.26. The molecule has 1 saturated heterocycles. The number of nitrogens with one attached hydrogen (secondary N) is 3. The summed E-state index contributed by atoms with van der Waals surface area (Å²) >= 11 is 0. The molecule has 2 aromatic rings. The number of hydrogen-bond donors (Lipinski definition) is 3. The molecule has 8 heteroatoms. The Bertz CT molecular complexity index is 929. The Morgan fingerprint density at radius 2 is 2.18 bits per heavy atom. The van der Waals surface area contributed by atoms with Crippen molar-refractivity contribution in [3.8, 4) is 0 Å². The summed E-state index contributed by atoms with van der Waals surface area (Å²) in [6.07, 6.45) is 4.28. The van der Waals surface area contributed by atoms with E-state index in [1.807, 2.05) is 38.2 Å². The minimum atomic E-state index is -0.243. The molecule has 1 atom stereocenters. The maximum absolute atomic E-state index is 12.5. The van der Waals surface area contributed by atoms with Gasteiger partial charge in [-0.15, -0.1) is 0 Å². The number of carbonyl (C=O) groups excluding carboxylic acids is 2. The van der Waals surface area contributed by atoms with E-state index in [4.69, 9.17) is 0 Å². The Kier molecular flexibility index (Phi) is 4.85. The summed E-state index contributed by atoms with van der Waals surface area (Å²) in [4.78, 5) is 34.9. The van der Waals surface area contributed by atoms with Crippen molar-refractivity contribution in [2.75, 3.05) is 23.3 Å². The van der Waals surface area contributed by atoms with E-state index in [9.17, 15) is 9.59 Å². The van der Waals surface area contributed by atoms with Crippen molar-refractivity contribution in [3.05, 3.63) is 47.0 Å². The van der Waals surface area contributed by atoms with Crippen LogP contribution in [0, 0.1) is 13.8 Å². The number of carbonyl (C=O) groups is 2. The highest BCUT2D eigenvalue weighted by Gasteiger charge is 2.24. The molecule has 4 amide bonds. The molecule has 3 N–H and O–H groups in total. The Labute approximate surface area is 163 Å². The van der Waals surface area contributed by atoms with E-state index in [1.54, 1.807) is 4.90 Å². The average molecular weight is 380 g/mol. The zero-order chi connectivity index (χ0) is 19.7. The van der Waals surface area contributed by atoms with Gasteiger partial charge in [0.25, 0.3) is 0 Å². The van der Waals surface area contributed by atoms with Crippen molar-refractivity contribution in [1.29, 1.82) is 0 Å². The first kappa shape index (κ1) is 18.2. The van der Waals surface area contributed by atoms with Gasteiger partial charge in [0.05, 0.1) is 5.69 Å². The lowest BCUT2D eigenvalue weighted by Crippen LogP contribution is -2.41. The number of aromatic nitrogens is 2. The first-order chi connectivity index (χ1) is 13.5. The molecule has 28 heavy (non-hydrogen) atoms. The van der Waals surface area contributed by atoms with Crippen LogP contribution in [0.2, 0.25) is 0 Å². The Hall–Kier alpha value is -3.16. The van der Waals surface area contributed by atoms with Crippen molar-refractivity contribution in [2.24, 2.45) is 0 Å². The third-order valence-corrected chi connectivity index (χ3v) is 5.31.